The molecule has 1 aliphatic rings. The number of carbonyl (C=O) groups excluding carboxylic acids is 1. The standard InChI is InChI=1S/C21H35N5O2.HI/c1-16(2)13-22-21(23-14-20(27)25(3)4)24-17-8-7-11-26(15-17)18-9-6-10-19(12-18)28-5;/h6,9-10,12,16-17H,7-8,11,13-15H2,1-5H3,(H2,22,23,24);1H. The smallest absolute Gasteiger partial charge is 0.243 e. The molecule has 1 aromatic rings. The van der Waals surface area contributed by atoms with E-state index in [0.29, 0.717) is 11.9 Å². The van der Waals surface area contributed by atoms with Gasteiger partial charge in [0.15, 0.2) is 5.96 Å². The molecule has 7 nitrogen and oxygen atoms in total. The third-order valence-corrected chi connectivity index (χ3v) is 4.73. The van der Waals surface area contributed by atoms with Crippen molar-refractivity contribution in [3.05, 3.63) is 24.3 Å². The lowest BCUT2D eigenvalue weighted by Gasteiger charge is -2.35. The van der Waals surface area contributed by atoms with Crippen LogP contribution in [0.25, 0.3) is 0 Å². The number of anilines is 1. The first-order valence-electron chi connectivity index (χ1n) is 10.0. The van der Waals surface area contributed by atoms with E-state index in [2.05, 4.69) is 46.5 Å². The van der Waals surface area contributed by atoms with Gasteiger partial charge in [-0.25, -0.2) is 4.99 Å². The molecular weight excluding hydrogens is 481 g/mol. The topological polar surface area (TPSA) is 69.2 Å². The normalized spacial score (nSPS) is 16.8. The van der Waals surface area contributed by atoms with Crippen molar-refractivity contribution in [2.45, 2.75) is 32.7 Å². The predicted molar refractivity (Wildman–Crippen MR) is 131 cm³/mol. The number of nitrogens with zero attached hydrogens (tertiary/aromatic N) is 3. The highest BCUT2D eigenvalue weighted by molar-refractivity contribution is 14.0. The van der Waals surface area contributed by atoms with Crippen LogP contribution in [0.5, 0.6) is 5.75 Å². The van der Waals surface area contributed by atoms with Crippen LogP contribution in [0.1, 0.15) is 26.7 Å². The largest absolute Gasteiger partial charge is 0.497 e. The van der Waals surface area contributed by atoms with Crippen LogP contribution in [0.3, 0.4) is 0 Å². The molecule has 1 atom stereocenters. The predicted octanol–water partition coefficient (Wildman–Crippen LogP) is 2.56. The number of hydrogen-bond donors (Lipinski definition) is 2. The molecule has 1 amide bonds. The summed E-state index contributed by atoms with van der Waals surface area (Å²) in [5, 5.41) is 6.89. The third-order valence-electron chi connectivity index (χ3n) is 4.73. The minimum Gasteiger partial charge on any atom is -0.497 e. The van der Waals surface area contributed by atoms with Gasteiger partial charge in [0.2, 0.25) is 5.91 Å². The van der Waals surface area contributed by atoms with E-state index in [9.17, 15) is 4.79 Å². The second kappa shape index (κ2) is 12.8. The van der Waals surface area contributed by atoms with Gasteiger partial charge in [-0.1, -0.05) is 19.9 Å². The molecule has 0 aliphatic carbocycles. The molecule has 2 rings (SSSR count). The first-order chi connectivity index (χ1) is 13.4. The number of amides is 1. The lowest BCUT2D eigenvalue weighted by atomic mass is 10.0. The zero-order valence-electron chi connectivity index (χ0n) is 18.3. The lowest BCUT2D eigenvalue weighted by molar-refractivity contribution is -0.127. The summed E-state index contributed by atoms with van der Waals surface area (Å²) in [6, 6.07) is 8.45. The minimum atomic E-state index is -0.00713. The van der Waals surface area contributed by atoms with E-state index in [0.717, 1.165) is 38.2 Å². The molecule has 1 heterocycles. The zero-order valence-corrected chi connectivity index (χ0v) is 20.6. The first-order valence-corrected chi connectivity index (χ1v) is 10.0. The van der Waals surface area contributed by atoms with Crippen molar-refractivity contribution in [2.24, 2.45) is 10.9 Å². The molecule has 0 bridgehead atoms. The number of nitrogens with one attached hydrogen (secondary N) is 2. The fourth-order valence-corrected chi connectivity index (χ4v) is 3.07. The summed E-state index contributed by atoms with van der Waals surface area (Å²) in [7, 11) is 5.19. The Kier molecular flexibility index (Phi) is 11.2. The first kappa shape index (κ1) is 25.3. The minimum absolute atomic E-state index is 0. The Morgan fingerprint density at radius 2 is 2.14 bits per heavy atom. The molecule has 0 saturated carbocycles. The van der Waals surface area contributed by atoms with Gasteiger partial charge in [0.05, 0.1) is 7.11 Å². The lowest BCUT2D eigenvalue weighted by Crippen LogP contribution is -2.52. The van der Waals surface area contributed by atoms with Gasteiger partial charge in [-0.2, -0.15) is 0 Å². The zero-order chi connectivity index (χ0) is 20.5. The average Bonchev–Trinajstić information content (AvgIpc) is 2.69. The fourth-order valence-electron chi connectivity index (χ4n) is 3.07. The molecule has 1 saturated heterocycles. The number of likely N-dealkylation sites (N-methyl/N-ethyl adjacent to an activating group) is 1. The second-order valence-corrected chi connectivity index (χ2v) is 7.86. The summed E-state index contributed by atoms with van der Waals surface area (Å²) in [6.07, 6.45) is 2.17. The molecule has 0 spiro atoms. The van der Waals surface area contributed by atoms with Gasteiger partial charge >= 0.3 is 0 Å². The summed E-state index contributed by atoms with van der Waals surface area (Å²) in [5.41, 5.74) is 1.17. The molecule has 8 heteroatoms. The van der Waals surface area contributed by atoms with E-state index >= 15 is 0 Å². The Hall–Kier alpha value is -1.71. The van der Waals surface area contributed by atoms with Crippen molar-refractivity contribution in [2.75, 3.05) is 52.3 Å². The van der Waals surface area contributed by atoms with Crippen LogP contribution >= 0.6 is 24.0 Å². The van der Waals surface area contributed by atoms with Crippen molar-refractivity contribution in [1.82, 2.24) is 15.5 Å². The van der Waals surface area contributed by atoms with E-state index in [1.807, 2.05) is 12.1 Å². The molecule has 1 fully saturated rings. The highest BCUT2D eigenvalue weighted by Gasteiger charge is 2.21. The van der Waals surface area contributed by atoms with Crippen molar-refractivity contribution in [3.63, 3.8) is 0 Å². The van der Waals surface area contributed by atoms with Crippen LogP contribution in [0.4, 0.5) is 5.69 Å². The maximum atomic E-state index is 11.9. The van der Waals surface area contributed by atoms with Gasteiger partial charge in [-0.05, 0) is 30.9 Å². The Labute approximate surface area is 192 Å². The molecule has 0 radical (unpaired) electrons. The molecule has 1 aromatic carbocycles. The fraction of sp³-hybridized carbons (Fsp3) is 0.619. The van der Waals surface area contributed by atoms with Gasteiger partial charge in [0.25, 0.3) is 0 Å². The SMILES string of the molecule is COc1cccc(N2CCCC(NC(=NCC(=O)N(C)C)NCC(C)C)C2)c1.I. The number of rotatable bonds is 7. The number of methoxy groups -OCH3 is 1. The number of benzene rings is 1. The summed E-state index contributed by atoms with van der Waals surface area (Å²) >= 11 is 0. The number of carbonyl (C=O) groups is 1. The van der Waals surface area contributed by atoms with Crippen LogP contribution in [0.15, 0.2) is 29.3 Å². The van der Waals surface area contributed by atoms with Gasteiger partial charge in [0.1, 0.15) is 12.3 Å². The summed E-state index contributed by atoms with van der Waals surface area (Å²) in [5.74, 6) is 2.07. The number of hydrogen-bond acceptors (Lipinski definition) is 4. The van der Waals surface area contributed by atoms with Crippen molar-refractivity contribution in [1.29, 1.82) is 0 Å². The van der Waals surface area contributed by atoms with E-state index in [1.165, 1.54) is 5.69 Å². The maximum absolute atomic E-state index is 11.9. The number of piperidine rings is 1. The van der Waals surface area contributed by atoms with E-state index < -0.39 is 0 Å². The Bertz CT molecular complexity index is 666. The molecule has 0 aromatic heterocycles. The Morgan fingerprint density at radius 3 is 2.79 bits per heavy atom. The molecule has 2 N–H and O–H groups in total. The summed E-state index contributed by atoms with van der Waals surface area (Å²) in [4.78, 5) is 20.4. The van der Waals surface area contributed by atoms with E-state index in [1.54, 1.807) is 26.1 Å². The summed E-state index contributed by atoms with van der Waals surface area (Å²) < 4.78 is 5.36. The van der Waals surface area contributed by atoms with Crippen molar-refractivity contribution in [3.8, 4) is 5.75 Å². The van der Waals surface area contributed by atoms with E-state index in [-0.39, 0.29) is 42.5 Å². The number of guanidine groups is 1. The molecule has 29 heavy (non-hydrogen) atoms. The molecular formula is C21H36IN5O2. The van der Waals surface area contributed by atoms with Gasteiger partial charge < -0.3 is 25.2 Å². The van der Waals surface area contributed by atoms with Crippen molar-refractivity contribution >= 4 is 41.5 Å². The quantitative estimate of drug-likeness (QED) is 0.331. The Balaban J connectivity index is 0.00000420. The maximum Gasteiger partial charge on any atom is 0.243 e. The second-order valence-electron chi connectivity index (χ2n) is 7.86. The molecule has 1 unspecified atom stereocenters. The Morgan fingerprint density at radius 1 is 1.38 bits per heavy atom. The third kappa shape index (κ3) is 8.67. The van der Waals surface area contributed by atoms with Crippen LogP contribution in [0, 0.1) is 5.92 Å². The molecule has 164 valence electrons. The van der Waals surface area contributed by atoms with Crippen LogP contribution in [-0.4, -0.2) is 70.2 Å². The summed E-state index contributed by atoms with van der Waals surface area (Å²) in [6.45, 7) is 7.18. The van der Waals surface area contributed by atoms with Crippen molar-refractivity contribution < 1.29 is 9.53 Å². The monoisotopic (exact) mass is 517 g/mol. The number of aliphatic imine (C=N–C) groups is 1. The number of halogens is 1. The molecule has 1 aliphatic heterocycles. The van der Waals surface area contributed by atoms with Crippen LogP contribution < -0.4 is 20.3 Å². The van der Waals surface area contributed by atoms with Gasteiger partial charge in [-0.15, -0.1) is 24.0 Å². The highest BCUT2D eigenvalue weighted by Crippen LogP contribution is 2.24. The highest BCUT2D eigenvalue weighted by atomic mass is 127. The van der Waals surface area contributed by atoms with Crippen LogP contribution in [0.2, 0.25) is 0 Å². The number of ether oxygens (including phenoxy) is 1. The van der Waals surface area contributed by atoms with E-state index in [4.69, 9.17) is 4.74 Å². The van der Waals surface area contributed by atoms with Gasteiger partial charge in [-0.3, -0.25) is 4.79 Å². The average molecular weight is 517 g/mol. The van der Waals surface area contributed by atoms with Crippen LogP contribution in [-0.2, 0) is 4.79 Å². The van der Waals surface area contributed by atoms with Gasteiger partial charge in [0, 0.05) is 51.5 Å².